The van der Waals surface area contributed by atoms with Crippen LogP contribution in [-0.4, -0.2) is 50.8 Å². The van der Waals surface area contributed by atoms with Gasteiger partial charge >= 0.3 is 0 Å². The van der Waals surface area contributed by atoms with Gasteiger partial charge in [-0.15, -0.1) is 0 Å². The van der Waals surface area contributed by atoms with Gasteiger partial charge in [0, 0.05) is 62.3 Å². The summed E-state index contributed by atoms with van der Waals surface area (Å²) in [6, 6.07) is 27.1. The van der Waals surface area contributed by atoms with Crippen molar-refractivity contribution in [2.45, 2.75) is 13.0 Å². The molecule has 6 nitrogen and oxygen atoms in total. The van der Waals surface area contributed by atoms with Crippen molar-refractivity contribution < 1.29 is 0 Å². The van der Waals surface area contributed by atoms with E-state index in [1.807, 2.05) is 53.5 Å². The van der Waals surface area contributed by atoms with Gasteiger partial charge in [0.2, 0.25) is 0 Å². The van der Waals surface area contributed by atoms with Crippen molar-refractivity contribution in [1.82, 2.24) is 24.6 Å². The van der Waals surface area contributed by atoms with E-state index in [2.05, 4.69) is 63.4 Å². The topological polar surface area (TPSA) is 50.1 Å². The quantitative estimate of drug-likeness (QED) is 0.361. The smallest absolute Gasteiger partial charge is 0.0935 e. The number of para-hydroxylation sites is 1. The standard InChI is InChI=1S/C29H28N6/c1-2-9-26(10-3-1)35-17-12-25(32-35)22-33-15-7-16-34(19-18-33)28-21-24(27-11-4-5-13-30-27)20-23-8-6-14-31-29(23)28/h1-6,8-14,17,20-21H,7,15-16,18-19,22H2. The van der Waals surface area contributed by atoms with Gasteiger partial charge < -0.3 is 4.90 Å². The summed E-state index contributed by atoms with van der Waals surface area (Å²) in [4.78, 5) is 14.3. The maximum Gasteiger partial charge on any atom is 0.0935 e. The first kappa shape index (κ1) is 21.5. The lowest BCUT2D eigenvalue weighted by Crippen LogP contribution is -2.30. The number of hydrogen-bond donors (Lipinski definition) is 0. The fraction of sp³-hybridized carbons (Fsp3) is 0.207. The minimum absolute atomic E-state index is 0.862. The van der Waals surface area contributed by atoms with Crippen LogP contribution in [0.2, 0.25) is 0 Å². The first-order valence-corrected chi connectivity index (χ1v) is 12.2. The average Bonchev–Trinajstić information content (AvgIpc) is 3.27. The van der Waals surface area contributed by atoms with Gasteiger partial charge in [-0.3, -0.25) is 14.9 Å². The molecule has 0 spiro atoms. The number of hydrogen-bond acceptors (Lipinski definition) is 5. The Morgan fingerprint density at radius 3 is 2.51 bits per heavy atom. The first-order valence-electron chi connectivity index (χ1n) is 12.2. The summed E-state index contributed by atoms with van der Waals surface area (Å²) >= 11 is 0. The van der Waals surface area contributed by atoms with Crippen molar-refractivity contribution in [2.75, 3.05) is 31.1 Å². The highest BCUT2D eigenvalue weighted by Crippen LogP contribution is 2.32. The van der Waals surface area contributed by atoms with Crippen molar-refractivity contribution in [3.05, 3.63) is 103 Å². The zero-order chi connectivity index (χ0) is 23.5. The molecule has 35 heavy (non-hydrogen) atoms. The Morgan fingerprint density at radius 1 is 0.743 bits per heavy atom. The monoisotopic (exact) mass is 460 g/mol. The van der Waals surface area contributed by atoms with Gasteiger partial charge in [-0.2, -0.15) is 5.10 Å². The van der Waals surface area contributed by atoms with Gasteiger partial charge in [0.1, 0.15) is 0 Å². The Morgan fingerprint density at radius 2 is 1.63 bits per heavy atom. The van der Waals surface area contributed by atoms with Crippen LogP contribution in [0.25, 0.3) is 27.8 Å². The number of rotatable bonds is 5. The number of benzene rings is 2. The van der Waals surface area contributed by atoms with E-state index in [1.54, 1.807) is 0 Å². The van der Waals surface area contributed by atoms with E-state index in [1.165, 1.54) is 5.69 Å². The number of anilines is 1. The van der Waals surface area contributed by atoms with Crippen molar-refractivity contribution in [3.63, 3.8) is 0 Å². The fourth-order valence-corrected chi connectivity index (χ4v) is 4.87. The Kier molecular flexibility index (Phi) is 5.95. The van der Waals surface area contributed by atoms with Gasteiger partial charge in [-0.25, -0.2) is 4.68 Å². The van der Waals surface area contributed by atoms with Crippen molar-refractivity contribution in [1.29, 1.82) is 0 Å². The molecule has 0 saturated carbocycles. The highest BCUT2D eigenvalue weighted by molar-refractivity contribution is 5.95. The van der Waals surface area contributed by atoms with Gasteiger partial charge in [0.05, 0.1) is 28.3 Å². The molecule has 3 aromatic heterocycles. The lowest BCUT2D eigenvalue weighted by Gasteiger charge is -2.25. The van der Waals surface area contributed by atoms with Crippen LogP contribution in [0.4, 0.5) is 5.69 Å². The molecule has 0 atom stereocenters. The van der Waals surface area contributed by atoms with Crippen LogP contribution < -0.4 is 4.90 Å². The molecule has 174 valence electrons. The SMILES string of the molecule is c1ccc(-n2ccc(CN3CCCN(c4cc(-c5ccccn5)cc5cccnc45)CC3)n2)cc1. The Labute approximate surface area is 205 Å². The lowest BCUT2D eigenvalue weighted by molar-refractivity contribution is 0.281. The highest BCUT2D eigenvalue weighted by atomic mass is 15.3. The molecule has 0 unspecified atom stereocenters. The van der Waals surface area contributed by atoms with E-state index in [9.17, 15) is 0 Å². The third-order valence-electron chi connectivity index (χ3n) is 6.63. The molecule has 0 aliphatic carbocycles. The van der Waals surface area contributed by atoms with Gasteiger partial charge in [-0.05, 0) is 55.0 Å². The number of nitrogens with zero attached hydrogens (tertiary/aromatic N) is 6. The van der Waals surface area contributed by atoms with Crippen LogP contribution in [-0.2, 0) is 6.54 Å². The summed E-state index contributed by atoms with van der Waals surface area (Å²) in [5.41, 5.74) is 6.57. The molecule has 0 radical (unpaired) electrons. The second kappa shape index (κ2) is 9.68. The predicted molar refractivity (Wildman–Crippen MR) is 141 cm³/mol. The van der Waals surface area contributed by atoms with Crippen LogP contribution in [0.3, 0.4) is 0 Å². The maximum atomic E-state index is 4.81. The third-order valence-corrected chi connectivity index (χ3v) is 6.63. The second-order valence-electron chi connectivity index (χ2n) is 8.99. The van der Waals surface area contributed by atoms with E-state index < -0.39 is 0 Å². The van der Waals surface area contributed by atoms with Crippen molar-refractivity contribution in [2.24, 2.45) is 0 Å². The van der Waals surface area contributed by atoms with Crippen LogP contribution >= 0.6 is 0 Å². The minimum Gasteiger partial charge on any atom is -0.368 e. The molecule has 2 aromatic carbocycles. The number of fused-ring (bicyclic) bond motifs is 1. The molecule has 1 saturated heterocycles. The molecule has 5 aromatic rings. The molecule has 6 heteroatoms. The molecule has 6 rings (SSSR count). The van der Waals surface area contributed by atoms with Crippen molar-refractivity contribution >= 4 is 16.6 Å². The summed E-state index contributed by atoms with van der Waals surface area (Å²) in [7, 11) is 0. The number of pyridine rings is 2. The summed E-state index contributed by atoms with van der Waals surface area (Å²) in [6.07, 6.45) is 6.89. The van der Waals surface area contributed by atoms with Gasteiger partial charge in [0.15, 0.2) is 0 Å². The molecule has 4 heterocycles. The van der Waals surface area contributed by atoms with Crippen LogP contribution in [0, 0.1) is 0 Å². The Hall–Kier alpha value is -4.03. The highest BCUT2D eigenvalue weighted by Gasteiger charge is 2.19. The van der Waals surface area contributed by atoms with E-state index in [0.29, 0.717) is 0 Å². The summed E-state index contributed by atoms with van der Waals surface area (Å²) < 4.78 is 1.96. The molecule has 1 fully saturated rings. The van der Waals surface area contributed by atoms with Gasteiger partial charge in [-0.1, -0.05) is 30.3 Å². The van der Waals surface area contributed by atoms with Gasteiger partial charge in [0.25, 0.3) is 0 Å². The summed E-state index contributed by atoms with van der Waals surface area (Å²) in [6.45, 7) is 4.87. The second-order valence-corrected chi connectivity index (χ2v) is 8.99. The van der Waals surface area contributed by atoms with E-state index in [4.69, 9.17) is 10.1 Å². The molecular weight excluding hydrogens is 432 g/mol. The summed E-state index contributed by atoms with van der Waals surface area (Å²) in [5, 5.41) is 5.96. The largest absolute Gasteiger partial charge is 0.368 e. The van der Waals surface area contributed by atoms with E-state index in [0.717, 1.165) is 72.7 Å². The molecule has 1 aliphatic heterocycles. The fourth-order valence-electron chi connectivity index (χ4n) is 4.87. The van der Waals surface area contributed by atoms with E-state index in [-0.39, 0.29) is 0 Å². The molecular formula is C29H28N6. The molecule has 0 bridgehead atoms. The van der Waals surface area contributed by atoms with Crippen molar-refractivity contribution in [3.8, 4) is 16.9 Å². The molecule has 1 aliphatic rings. The molecule has 0 N–H and O–H groups in total. The lowest BCUT2D eigenvalue weighted by atomic mass is 10.0. The zero-order valence-corrected chi connectivity index (χ0v) is 19.7. The summed E-state index contributed by atoms with van der Waals surface area (Å²) in [5.74, 6) is 0. The van der Waals surface area contributed by atoms with Crippen LogP contribution in [0.15, 0.2) is 97.5 Å². The Balaban J connectivity index is 1.22. The van der Waals surface area contributed by atoms with Crippen LogP contribution in [0.5, 0.6) is 0 Å². The normalized spacial score (nSPS) is 14.8. The van der Waals surface area contributed by atoms with E-state index >= 15 is 0 Å². The zero-order valence-electron chi connectivity index (χ0n) is 19.7. The first-order chi connectivity index (χ1) is 17.3. The number of aromatic nitrogens is 4. The minimum atomic E-state index is 0.862. The Bertz CT molecular complexity index is 1410. The predicted octanol–water partition coefficient (Wildman–Crippen LogP) is 5.19. The van der Waals surface area contributed by atoms with Crippen LogP contribution in [0.1, 0.15) is 12.1 Å². The third kappa shape index (κ3) is 4.66. The average molecular weight is 461 g/mol. The molecule has 0 amide bonds. The maximum absolute atomic E-state index is 4.81.